The van der Waals surface area contributed by atoms with Crippen LogP contribution in [0.2, 0.25) is 0 Å². The smallest absolute Gasteiger partial charge is 0.249 e. The maximum atomic E-state index is 12.0. The average Bonchev–Trinajstić information content (AvgIpc) is 2.80. The van der Waals surface area contributed by atoms with Crippen LogP contribution >= 0.6 is 11.3 Å². The van der Waals surface area contributed by atoms with E-state index in [1.807, 2.05) is 44.2 Å². The molecule has 0 spiro atoms. The number of rotatable bonds is 4. The second-order valence-corrected chi connectivity index (χ2v) is 5.76. The second-order valence-electron chi connectivity index (χ2n) is 4.54. The SMILES string of the molecule is CCc1c(C)sc(NC(=O)C=Cc2ccccc2)c1C#N. The van der Waals surface area contributed by atoms with Crippen molar-refractivity contribution in [3.05, 3.63) is 58.0 Å². The van der Waals surface area contributed by atoms with Crippen molar-refractivity contribution in [3.8, 4) is 6.07 Å². The zero-order chi connectivity index (χ0) is 15.2. The topological polar surface area (TPSA) is 52.9 Å². The van der Waals surface area contributed by atoms with E-state index >= 15 is 0 Å². The van der Waals surface area contributed by atoms with E-state index in [0.29, 0.717) is 10.6 Å². The van der Waals surface area contributed by atoms with Crippen LogP contribution in [0.25, 0.3) is 6.08 Å². The minimum Gasteiger partial charge on any atom is -0.313 e. The summed E-state index contributed by atoms with van der Waals surface area (Å²) in [6, 6.07) is 11.8. The van der Waals surface area contributed by atoms with Crippen molar-refractivity contribution < 1.29 is 4.79 Å². The number of hydrogen-bond donors (Lipinski definition) is 1. The fraction of sp³-hybridized carbons (Fsp3) is 0.176. The largest absolute Gasteiger partial charge is 0.313 e. The van der Waals surface area contributed by atoms with Gasteiger partial charge in [-0.1, -0.05) is 37.3 Å². The molecule has 1 heterocycles. The van der Waals surface area contributed by atoms with E-state index in [1.54, 1.807) is 6.08 Å². The number of thiophene rings is 1. The Morgan fingerprint density at radius 1 is 1.38 bits per heavy atom. The monoisotopic (exact) mass is 296 g/mol. The molecule has 0 radical (unpaired) electrons. The maximum Gasteiger partial charge on any atom is 0.249 e. The Morgan fingerprint density at radius 2 is 2.10 bits per heavy atom. The molecule has 1 aromatic carbocycles. The maximum absolute atomic E-state index is 12.0. The van der Waals surface area contributed by atoms with Crippen molar-refractivity contribution in [2.75, 3.05) is 5.32 Å². The third kappa shape index (κ3) is 3.59. The molecule has 0 unspecified atom stereocenters. The van der Waals surface area contributed by atoms with Crippen molar-refractivity contribution in [1.29, 1.82) is 5.26 Å². The number of amides is 1. The molecule has 4 heteroatoms. The van der Waals surface area contributed by atoms with Gasteiger partial charge < -0.3 is 5.32 Å². The summed E-state index contributed by atoms with van der Waals surface area (Å²) in [5, 5.41) is 12.7. The summed E-state index contributed by atoms with van der Waals surface area (Å²) in [5.41, 5.74) is 2.57. The van der Waals surface area contributed by atoms with Crippen LogP contribution < -0.4 is 5.32 Å². The lowest BCUT2D eigenvalue weighted by atomic mass is 10.1. The highest BCUT2D eigenvalue weighted by atomic mass is 32.1. The van der Waals surface area contributed by atoms with Crippen LogP contribution in [0.4, 0.5) is 5.00 Å². The van der Waals surface area contributed by atoms with Gasteiger partial charge in [0.1, 0.15) is 11.1 Å². The van der Waals surface area contributed by atoms with Crippen molar-refractivity contribution in [2.45, 2.75) is 20.3 Å². The lowest BCUT2D eigenvalue weighted by molar-refractivity contribution is -0.111. The van der Waals surface area contributed by atoms with Gasteiger partial charge >= 0.3 is 0 Å². The third-order valence-corrected chi connectivity index (χ3v) is 4.20. The molecule has 21 heavy (non-hydrogen) atoms. The number of carbonyl (C=O) groups is 1. The molecule has 0 aliphatic rings. The summed E-state index contributed by atoms with van der Waals surface area (Å²) in [6.07, 6.45) is 4.03. The quantitative estimate of drug-likeness (QED) is 0.862. The Bertz CT molecular complexity index is 708. The molecule has 0 saturated carbocycles. The molecular formula is C17H16N2OS. The van der Waals surface area contributed by atoms with Crippen LogP contribution in [0.1, 0.15) is 28.5 Å². The van der Waals surface area contributed by atoms with Gasteiger partial charge in [0.15, 0.2) is 0 Å². The van der Waals surface area contributed by atoms with Crippen LogP contribution in [0.15, 0.2) is 36.4 Å². The Kier molecular flexibility index (Phi) is 4.91. The number of anilines is 1. The molecule has 3 nitrogen and oxygen atoms in total. The van der Waals surface area contributed by atoms with Crippen LogP contribution in [-0.2, 0) is 11.2 Å². The minimum absolute atomic E-state index is 0.223. The van der Waals surface area contributed by atoms with Crippen LogP contribution in [0, 0.1) is 18.3 Å². The van der Waals surface area contributed by atoms with Gasteiger partial charge in [-0.25, -0.2) is 0 Å². The fourth-order valence-electron chi connectivity index (χ4n) is 2.10. The van der Waals surface area contributed by atoms with Gasteiger partial charge in [-0.2, -0.15) is 5.26 Å². The molecule has 0 atom stereocenters. The summed E-state index contributed by atoms with van der Waals surface area (Å²) in [6.45, 7) is 3.98. The Balaban J connectivity index is 2.14. The molecule has 106 valence electrons. The molecule has 0 aliphatic carbocycles. The molecule has 2 rings (SSSR count). The molecule has 2 aromatic rings. The van der Waals surface area contributed by atoms with E-state index in [2.05, 4.69) is 11.4 Å². The van der Waals surface area contributed by atoms with E-state index in [0.717, 1.165) is 22.4 Å². The summed E-state index contributed by atoms with van der Waals surface area (Å²) < 4.78 is 0. The Labute approximate surface area is 128 Å². The van der Waals surface area contributed by atoms with Crippen molar-refractivity contribution >= 4 is 28.3 Å². The number of hydrogen-bond acceptors (Lipinski definition) is 3. The highest BCUT2D eigenvalue weighted by molar-refractivity contribution is 7.16. The first kappa shape index (κ1) is 15.0. The predicted octanol–water partition coefficient (Wildman–Crippen LogP) is 4.14. The fourth-order valence-corrected chi connectivity index (χ4v) is 3.20. The molecule has 1 amide bonds. The molecule has 0 saturated heterocycles. The Hall–Kier alpha value is -2.38. The van der Waals surface area contributed by atoms with Gasteiger partial charge in [0.25, 0.3) is 0 Å². The number of nitrogens with zero attached hydrogens (tertiary/aromatic N) is 1. The number of nitriles is 1. The zero-order valence-corrected chi connectivity index (χ0v) is 12.8. The first-order valence-electron chi connectivity index (χ1n) is 6.72. The number of nitrogens with one attached hydrogen (secondary N) is 1. The normalized spacial score (nSPS) is 10.5. The summed E-state index contributed by atoms with van der Waals surface area (Å²) in [7, 11) is 0. The highest BCUT2D eigenvalue weighted by Crippen LogP contribution is 2.32. The van der Waals surface area contributed by atoms with E-state index < -0.39 is 0 Å². The van der Waals surface area contributed by atoms with Gasteiger partial charge in [0, 0.05) is 11.0 Å². The third-order valence-electron chi connectivity index (χ3n) is 3.14. The first-order chi connectivity index (χ1) is 10.2. The van der Waals surface area contributed by atoms with Gasteiger partial charge in [0.2, 0.25) is 5.91 Å². The van der Waals surface area contributed by atoms with Crippen LogP contribution in [-0.4, -0.2) is 5.91 Å². The lowest BCUT2D eigenvalue weighted by Crippen LogP contribution is -2.07. The van der Waals surface area contributed by atoms with Crippen molar-refractivity contribution in [1.82, 2.24) is 0 Å². The van der Waals surface area contributed by atoms with Crippen molar-refractivity contribution in [2.24, 2.45) is 0 Å². The average molecular weight is 296 g/mol. The standard InChI is InChI=1S/C17H16N2OS/c1-3-14-12(2)21-17(15(14)11-18)19-16(20)10-9-13-7-5-4-6-8-13/h4-10H,3H2,1-2H3,(H,19,20). The van der Waals surface area contributed by atoms with E-state index in [4.69, 9.17) is 0 Å². The molecular weight excluding hydrogens is 280 g/mol. The zero-order valence-electron chi connectivity index (χ0n) is 12.0. The molecule has 0 bridgehead atoms. The van der Waals surface area contributed by atoms with E-state index in [1.165, 1.54) is 17.4 Å². The van der Waals surface area contributed by atoms with Crippen LogP contribution in [0.5, 0.6) is 0 Å². The number of carbonyl (C=O) groups excluding carboxylic acids is 1. The summed E-state index contributed by atoms with van der Waals surface area (Å²) in [5.74, 6) is -0.223. The predicted molar refractivity (Wildman–Crippen MR) is 87.3 cm³/mol. The summed E-state index contributed by atoms with van der Waals surface area (Å²) in [4.78, 5) is 13.0. The highest BCUT2D eigenvalue weighted by Gasteiger charge is 2.15. The molecule has 0 aliphatic heterocycles. The Morgan fingerprint density at radius 3 is 2.71 bits per heavy atom. The van der Waals surface area contributed by atoms with Gasteiger partial charge in [-0.3, -0.25) is 4.79 Å². The van der Waals surface area contributed by atoms with Gasteiger partial charge in [-0.05, 0) is 30.5 Å². The molecule has 1 aromatic heterocycles. The van der Waals surface area contributed by atoms with E-state index in [9.17, 15) is 10.1 Å². The second kappa shape index (κ2) is 6.87. The van der Waals surface area contributed by atoms with Gasteiger partial charge in [-0.15, -0.1) is 11.3 Å². The first-order valence-corrected chi connectivity index (χ1v) is 7.53. The van der Waals surface area contributed by atoms with Crippen molar-refractivity contribution in [3.63, 3.8) is 0 Å². The van der Waals surface area contributed by atoms with E-state index in [-0.39, 0.29) is 5.91 Å². The molecule has 1 N–H and O–H groups in total. The number of benzene rings is 1. The lowest BCUT2D eigenvalue weighted by Gasteiger charge is -1.99. The number of aryl methyl sites for hydroxylation is 1. The summed E-state index contributed by atoms with van der Waals surface area (Å²) >= 11 is 1.45. The van der Waals surface area contributed by atoms with Gasteiger partial charge in [0.05, 0.1) is 5.56 Å². The van der Waals surface area contributed by atoms with Crippen LogP contribution in [0.3, 0.4) is 0 Å². The minimum atomic E-state index is -0.223. The molecule has 0 fully saturated rings.